The van der Waals surface area contributed by atoms with Gasteiger partial charge in [0.05, 0.1) is 26.4 Å². The number of urea groups is 1. The molecule has 0 unspecified atom stereocenters. The fourth-order valence-electron chi connectivity index (χ4n) is 8.85. The molecule has 0 radical (unpaired) electrons. The number of carbonyl (C=O) groups excluding carboxylic acids is 2. The average Bonchev–Trinajstić information content (AvgIpc) is 3.31. The zero-order valence-electron chi connectivity index (χ0n) is 36.6. The molecule has 4 atom stereocenters. The second-order valence-corrected chi connectivity index (χ2v) is 16.7. The van der Waals surface area contributed by atoms with Crippen molar-refractivity contribution in [3.05, 3.63) is 118 Å². The van der Waals surface area contributed by atoms with Crippen molar-refractivity contribution >= 4 is 57.2 Å². The van der Waals surface area contributed by atoms with Gasteiger partial charge in [-0.2, -0.15) is 0 Å². The highest BCUT2D eigenvalue weighted by atomic mass is 35.5. The Labute approximate surface area is 382 Å². The SMILES string of the molecule is CN[C@H](CNC(=O)N1CCC[C@@H](COCCNC(=O)OC)[C@@H]1c1cccc(Cl)c1)C[C@H]1CCCOC1.O=C(O)c1cc2ccccc2c(Cc2c(O)c(C(=O)O)cc3ccccc23)c1O. The van der Waals surface area contributed by atoms with Crippen molar-refractivity contribution in [2.24, 2.45) is 11.8 Å². The minimum Gasteiger partial charge on any atom is -0.507 e. The van der Waals surface area contributed by atoms with E-state index in [0.717, 1.165) is 44.5 Å². The number of fused-ring (bicyclic) bond motifs is 2. The fourth-order valence-corrected chi connectivity index (χ4v) is 9.05. The molecular weight excluding hydrogens is 856 g/mol. The number of nitrogens with one attached hydrogen (secondary N) is 3. The van der Waals surface area contributed by atoms with Gasteiger partial charge >= 0.3 is 24.1 Å². The van der Waals surface area contributed by atoms with E-state index in [4.69, 9.17) is 21.1 Å². The number of rotatable bonds is 15. The van der Waals surface area contributed by atoms with Gasteiger partial charge < -0.3 is 55.5 Å². The van der Waals surface area contributed by atoms with Crippen LogP contribution in [-0.4, -0.2) is 116 Å². The molecule has 0 saturated carbocycles. The van der Waals surface area contributed by atoms with E-state index in [1.807, 2.05) is 36.2 Å². The molecule has 2 fully saturated rings. The summed E-state index contributed by atoms with van der Waals surface area (Å²) in [4.78, 5) is 49.8. The summed E-state index contributed by atoms with van der Waals surface area (Å²) >= 11 is 6.32. The van der Waals surface area contributed by atoms with Crippen LogP contribution in [0.4, 0.5) is 9.59 Å². The number of amides is 3. The summed E-state index contributed by atoms with van der Waals surface area (Å²) in [5.74, 6) is -2.72. The van der Waals surface area contributed by atoms with Crippen molar-refractivity contribution in [2.45, 2.75) is 50.6 Å². The fraction of sp³-hybridized carbons (Fsp3) is 0.388. The molecule has 65 heavy (non-hydrogen) atoms. The molecular formula is C49H57ClN4O11. The number of likely N-dealkylation sites (N-methyl/N-ethyl adjacent to an activating group) is 1. The van der Waals surface area contributed by atoms with E-state index >= 15 is 0 Å². The van der Waals surface area contributed by atoms with Crippen molar-refractivity contribution in [3.63, 3.8) is 0 Å². The highest BCUT2D eigenvalue weighted by Gasteiger charge is 2.36. The number of hydrogen-bond acceptors (Lipinski definition) is 10. The topological polar surface area (TPSA) is 216 Å². The van der Waals surface area contributed by atoms with Gasteiger partial charge in [0.2, 0.25) is 0 Å². The first-order chi connectivity index (χ1) is 31.4. The van der Waals surface area contributed by atoms with E-state index in [0.29, 0.717) is 76.5 Å². The number of nitrogens with zero attached hydrogens (tertiary/aromatic N) is 1. The number of phenols is 2. The van der Waals surface area contributed by atoms with Gasteiger partial charge in [-0.25, -0.2) is 19.2 Å². The van der Waals surface area contributed by atoms with Crippen LogP contribution in [0, 0.1) is 11.8 Å². The first-order valence-corrected chi connectivity index (χ1v) is 22.2. The summed E-state index contributed by atoms with van der Waals surface area (Å²) in [6.07, 6.45) is 4.56. The van der Waals surface area contributed by atoms with Gasteiger partial charge in [0, 0.05) is 67.4 Å². The predicted octanol–water partition coefficient (Wildman–Crippen LogP) is 7.97. The van der Waals surface area contributed by atoms with E-state index in [1.54, 1.807) is 48.5 Å². The number of benzene rings is 5. The van der Waals surface area contributed by atoms with E-state index in [1.165, 1.54) is 25.7 Å². The Morgan fingerprint density at radius 1 is 0.846 bits per heavy atom. The maximum atomic E-state index is 13.4. The van der Waals surface area contributed by atoms with Gasteiger partial charge in [-0.3, -0.25) is 0 Å². The van der Waals surface area contributed by atoms with Crippen LogP contribution in [0.5, 0.6) is 11.5 Å². The van der Waals surface area contributed by atoms with Crippen molar-refractivity contribution in [1.29, 1.82) is 0 Å². The maximum Gasteiger partial charge on any atom is 0.406 e. The third-order valence-corrected chi connectivity index (χ3v) is 12.3. The molecule has 0 bridgehead atoms. The number of piperidine rings is 1. The third kappa shape index (κ3) is 12.4. The lowest BCUT2D eigenvalue weighted by atomic mass is 9.85. The second kappa shape index (κ2) is 23.2. The number of carboxylic acids is 2. The molecule has 7 rings (SSSR count). The summed E-state index contributed by atoms with van der Waals surface area (Å²) in [6.45, 7) is 4.09. The molecule has 7 N–H and O–H groups in total. The van der Waals surface area contributed by atoms with Crippen molar-refractivity contribution < 1.29 is 53.8 Å². The van der Waals surface area contributed by atoms with Gasteiger partial charge in [-0.1, -0.05) is 72.3 Å². The Bertz CT molecular complexity index is 2360. The minimum absolute atomic E-state index is 0.0407. The number of aromatic carboxylic acids is 2. The van der Waals surface area contributed by atoms with Crippen LogP contribution < -0.4 is 16.0 Å². The summed E-state index contributed by atoms with van der Waals surface area (Å²) in [5, 5.41) is 52.6. The Kier molecular flexibility index (Phi) is 17.2. The Hall–Kier alpha value is -6.13. The quantitative estimate of drug-likeness (QED) is 0.0498. The molecule has 0 aromatic heterocycles. The molecule has 0 spiro atoms. The van der Waals surface area contributed by atoms with Crippen LogP contribution in [0.25, 0.3) is 21.5 Å². The van der Waals surface area contributed by atoms with Crippen molar-refractivity contribution in [3.8, 4) is 11.5 Å². The average molecular weight is 913 g/mol. The van der Waals surface area contributed by atoms with Crippen LogP contribution in [-0.2, 0) is 20.6 Å². The Morgan fingerprint density at radius 3 is 2.06 bits per heavy atom. The van der Waals surface area contributed by atoms with Crippen molar-refractivity contribution in [2.75, 3.05) is 60.2 Å². The Balaban J connectivity index is 0.000000220. The van der Waals surface area contributed by atoms with Crippen LogP contribution in [0.15, 0.2) is 84.9 Å². The molecule has 346 valence electrons. The molecule has 2 saturated heterocycles. The minimum atomic E-state index is -1.28. The molecule has 2 aliphatic rings. The zero-order chi connectivity index (χ0) is 46.5. The molecule has 0 aliphatic carbocycles. The summed E-state index contributed by atoms with van der Waals surface area (Å²) in [7, 11) is 3.27. The van der Waals surface area contributed by atoms with Crippen LogP contribution >= 0.6 is 11.6 Å². The zero-order valence-corrected chi connectivity index (χ0v) is 37.3. The number of halogens is 1. The van der Waals surface area contributed by atoms with E-state index in [9.17, 15) is 39.6 Å². The summed E-state index contributed by atoms with van der Waals surface area (Å²) in [5.41, 5.74) is 1.11. The smallest absolute Gasteiger partial charge is 0.406 e. The maximum absolute atomic E-state index is 13.4. The number of carbonyl (C=O) groups is 4. The predicted molar refractivity (Wildman–Crippen MR) is 247 cm³/mol. The lowest BCUT2D eigenvalue weighted by Gasteiger charge is -2.42. The number of ether oxygens (including phenoxy) is 3. The number of carboxylic acid groups (broad SMARTS) is 2. The van der Waals surface area contributed by atoms with Gasteiger partial charge in [0.1, 0.15) is 22.6 Å². The second-order valence-electron chi connectivity index (χ2n) is 16.3. The van der Waals surface area contributed by atoms with Crippen LogP contribution in [0.3, 0.4) is 0 Å². The molecule has 2 aliphatic heterocycles. The van der Waals surface area contributed by atoms with Crippen molar-refractivity contribution in [1.82, 2.24) is 20.9 Å². The molecule has 15 nitrogen and oxygen atoms in total. The Morgan fingerprint density at radius 2 is 1.49 bits per heavy atom. The molecule has 3 amide bonds. The van der Waals surface area contributed by atoms with Crippen LogP contribution in [0.1, 0.15) is 75.6 Å². The number of alkyl carbamates (subject to hydrolysis) is 1. The first-order valence-electron chi connectivity index (χ1n) is 21.8. The highest BCUT2D eigenvalue weighted by Crippen LogP contribution is 2.40. The van der Waals surface area contributed by atoms with Gasteiger partial charge in [0.15, 0.2) is 0 Å². The standard InChI is InChI=1S/C26H41ClN4O5.C23H16O6/c1-28-23(14-19-6-5-12-35-17-19)16-30-25(32)31-11-4-8-21(18-36-13-10-29-26(33)34-2)24(31)20-7-3-9-22(27)15-20;24-20-16(14-7-3-1-5-12(14)9-18(20)22(26)27)11-17-15-8-4-2-6-13(15)10-19(21(17)25)23(28)29/h3,7,9,15,19,21,23-24,28H,4-6,8,10-14,16-18H2,1-2H3,(H,29,33)(H,30,32);1-10,24-25H,11H2,(H,26,27)(H,28,29)/t19-,21+,23+,24+;/m1./s1. The largest absolute Gasteiger partial charge is 0.507 e. The normalized spacial score (nSPS) is 17.7. The lowest BCUT2D eigenvalue weighted by molar-refractivity contribution is 0.0349. The van der Waals surface area contributed by atoms with Gasteiger partial charge in [-0.05, 0) is 96.4 Å². The summed E-state index contributed by atoms with van der Waals surface area (Å²) < 4.78 is 16.1. The van der Waals surface area contributed by atoms with E-state index in [-0.39, 0.29) is 41.6 Å². The molecule has 2 heterocycles. The summed E-state index contributed by atoms with van der Waals surface area (Å²) in [6, 6.07) is 24.5. The number of methoxy groups -OCH3 is 1. The van der Waals surface area contributed by atoms with E-state index in [2.05, 4.69) is 20.7 Å². The molecule has 16 heteroatoms. The van der Waals surface area contributed by atoms with Gasteiger partial charge in [0.25, 0.3) is 0 Å². The van der Waals surface area contributed by atoms with Crippen LogP contribution in [0.2, 0.25) is 5.02 Å². The number of hydrogen-bond donors (Lipinski definition) is 7. The number of likely N-dealkylation sites (tertiary alicyclic amines) is 1. The van der Waals surface area contributed by atoms with Gasteiger partial charge in [-0.15, -0.1) is 0 Å². The van der Waals surface area contributed by atoms with E-state index < -0.39 is 29.5 Å². The third-order valence-electron chi connectivity index (χ3n) is 12.1. The molecule has 5 aromatic rings. The lowest BCUT2D eigenvalue weighted by Crippen LogP contribution is -2.51. The molecule has 5 aromatic carbocycles. The monoisotopic (exact) mass is 912 g/mol. The number of aromatic hydroxyl groups is 2. The first kappa shape index (κ1) is 48.3. The highest BCUT2D eigenvalue weighted by molar-refractivity contribution is 6.30.